The lowest BCUT2D eigenvalue weighted by molar-refractivity contribution is 0.411. The summed E-state index contributed by atoms with van der Waals surface area (Å²) in [5.74, 6) is 0.544. The highest BCUT2D eigenvalue weighted by Gasteiger charge is 2.24. The van der Waals surface area contributed by atoms with Crippen molar-refractivity contribution in [2.75, 3.05) is 18.5 Å². The summed E-state index contributed by atoms with van der Waals surface area (Å²) in [4.78, 5) is 0.110. The highest BCUT2D eigenvalue weighted by molar-refractivity contribution is 9.10. The first-order valence-corrected chi connectivity index (χ1v) is 9.04. The molecule has 2 aromatic rings. The second-order valence-corrected chi connectivity index (χ2v) is 7.95. The van der Waals surface area contributed by atoms with Crippen LogP contribution in [0.3, 0.4) is 0 Å². The molecular weight excluding hydrogens is 413 g/mol. The lowest BCUT2D eigenvalue weighted by Crippen LogP contribution is -2.26. The van der Waals surface area contributed by atoms with E-state index in [4.69, 9.17) is 27.9 Å². The highest BCUT2D eigenvalue weighted by Crippen LogP contribution is 2.35. The minimum atomic E-state index is -3.77. The van der Waals surface area contributed by atoms with Gasteiger partial charge in [-0.3, -0.25) is 4.31 Å². The summed E-state index contributed by atoms with van der Waals surface area (Å²) >= 11 is 15.3. The Morgan fingerprint density at radius 2 is 1.86 bits per heavy atom. The smallest absolute Gasteiger partial charge is 0.264 e. The van der Waals surface area contributed by atoms with Crippen LogP contribution in [0.1, 0.15) is 0 Å². The van der Waals surface area contributed by atoms with Crippen LogP contribution < -0.4 is 9.04 Å². The summed E-state index contributed by atoms with van der Waals surface area (Å²) in [7, 11) is -0.846. The van der Waals surface area contributed by atoms with Gasteiger partial charge in [-0.1, -0.05) is 29.3 Å². The van der Waals surface area contributed by atoms with Crippen molar-refractivity contribution in [3.05, 3.63) is 50.9 Å². The number of hydrogen-bond donors (Lipinski definition) is 0. The lowest BCUT2D eigenvalue weighted by atomic mass is 10.3. The summed E-state index contributed by atoms with van der Waals surface area (Å²) in [6.07, 6.45) is 0. The van der Waals surface area contributed by atoms with E-state index >= 15 is 0 Å². The van der Waals surface area contributed by atoms with Gasteiger partial charge in [0.15, 0.2) is 0 Å². The van der Waals surface area contributed by atoms with Gasteiger partial charge >= 0.3 is 0 Å². The van der Waals surface area contributed by atoms with Crippen LogP contribution in [-0.4, -0.2) is 22.6 Å². The molecule has 0 N–H and O–H groups in total. The molecule has 8 heteroatoms. The van der Waals surface area contributed by atoms with Gasteiger partial charge in [0.1, 0.15) is 5.75 Å². The van der Waals surface area contributed by atoms with Gasteiger partial charge in [-0.25, -0.2) is 8.42 Å². The summed E-state index contributed by atoms with van der Waals surface area (Å²) in [6.45, 7) is 0. The first-order valence-electron chi connectivity index (χ1n) is 6.05. The third kappa shape index (κ3) is 3.20. The van der Waals surface area contributed by atoms with Gasteiger partial charge in [0.2, 0.25) is 0 Å². The number of rotatable bonds is 4. The van der Waals surface area contributed by atoms with E-state index in [0.717, 1.165) is 4.31 Å². The van der Waals surface area contributed by atoms with E-state index in [-0.39, 0.29) is 14.9 Å². The van der Waals surface area contributed by atoms with Gasteiger partial charge in [0, 0.05) is 7.05 Å². The zero-order valence-electron chi connectivity index (χ0n) is 11.7. The Morgan fingerprint density at radius 3 is 2.45 bits per heavy atom. The minimum absolute atomic E-state index is 0.110. The molecule has 0 heterocycles. The molecule has 0 atom stereocenters. The van der Waals surface area contributed by atoms with Crippen LogP contribution in [0.25, 0.3) is 0 Å². The van der Waals surface area contributed by atoms with Crippen LogP contribution in [0.2, 0.25) is 10.0 Å². The molecule has 22 heavy (non-hydrogen) atoms. The Kier molecular flexibility index (Phi) is 5.27. The fraction of sp³-hybridized carbons (Fsp3) is 0.143. The molecule has 2 rings (SSSR count). The predicted octanol–water partition coefficient (Wildman–Crippen LogP) is 4.59. The number of benzene rings is 2. The lowest BCUT2D eigenvalue weighted by Gasteiger charge is -2.21. The third-order valence-corrected chi connectivity index (χ3v) is 6.25. The van der Waals surface area contributed by atoms with Crippen molar-refractivity contribution in [2.45, 2.75) is 4.90 Å². The quantitative estimate of drug-likeness (QED) is 0.720. The van der Waals surface area contributed by atoms with Crippen molar-refractivity contribution in [3.8, 4) is 5.75 Å². The molecule has 0 aromatic heterocycles. The topological polar surface area (TPSA) is 46.6 Å². The Bertz CT molecular complexity index is 812. The molecule has 0 aliphatic rings. The van der Waals surface area contributed by atoms with Gasteiger partial charge in [-0.15, -0.1) is 0 Å². The molecule has 4 nitrogen and oxygen atoms in total. The van der Waals surface area contributed by atoms with Gasteiger partial charge in [0.25, 0.3) is 10.0 Å². The Hall–Kier alpha value is -0.950. The Balaban J connectivity index is 2.50. The first-order chi connectivity index (χ1) is 10.3. The van der Waals surface area contributed by atoms with Crippen LogP contribution in [0.5, 0.6) is 5.75 Å². The SMILES string of the molecule is COc1ccc(S(=O)(=O)N(C)c2cccc(Cl)c2Cl)cc1Br. The molecule has 118 valence electrons. The maximum Gasteiger partial charge on any atom is 0.264 e. The largest absolute Gasteiger partial charge is 0.496 e. The van der Waals surface area contributed by atoms with Gasteiger partial charge < -0.3 is 4.74 Å². The van der Waals surface area contributed by atoms with Crippen molar-refractivity contribution >= 4 is 54.8 Å². The van der Waals surface area contributed by atoms with E-state index < -0.39 is 10.0 Å². The second kappa shape index (κ2) is 6.66. The molecule has 0 aliphatic heterocycles. The maximum absolute atomic E-state index is 12.7. The molecule has 0 saturated carbocycles. The molecule has 2 aromatic carbocycles. The van der Waals surface area contributed by atoms with Gasteiger partial charge in [-0.05, 0) is 46.3 Å². The molecule has 0 spiro atoms. The molecule has 0 saturated heterocycles. The molecule has 0 amide bonds. The average Bonchev–Trinajstić information content (AvgIpc) is 2.49. The number of ether oxygens (including phenoxy) is 1. The van der Waals surface area contributed by atoms with Gasteiger partial charge in [-0.2, -0.15) is 0 Å². The standard InChI is InChI=1S/C14H12BrCl2NO3S/c1-18(12-5-3-4-11(16)14(12)17)22(19,20)9-6-7-13(21-2)10(15)8-9/h3-8H,1-2H3. The predicted molar refractivity (Wildman–Crippen MR) is 92.7 cm³/mol. The molecule has 0 aliphatic carbocycles. The number of nitrogens with zero attached hydrogens (tertiary/aromatic N) is 1. The van der Waals surface area contributed by atoms with E-state index in [2.05, 4.69) is 15.9 Å². The molecule has 0 fully saturated rings. The average molecular weight is 425 g/mol. The zero-order chi connectivity index (χ0) is 16.5. The Morgan fingerprint density at radius 1 is 1.18 bits per heavy atom. The number of methoxy groups -OCH3 is 1. The van der Waals surface area contributed by atoms with Crippen LogP contribution in [0.15, 0.2) is 45.8 Å². The normalized spacial score (nSPS) is 11.3. The zero-order valence-corrected chi connectivity index (χ0v) is 15.6. The molecule has 0 radical (unpaired) electrons. The molecular formula is C14H12BrCl2NO3S. The monoisotopic (exact) mass is 423 g/mol. The van der Waals surface area contributed by atoms with E-state index in [0.29, 0.717) is 15.9 Å². The maximum atomic E-state index is 12.7. The van der Waals surface area contributed by atoms with Crippen molar-refractivity contribution in [1.82, 2.24) is 0 Å². The summed E-state index contributed by atoms with van der Waals surface area (Å²) in [5.41, 5.74) is 0.307. The number of halogens is 3. The van der Waals surface area contributed by atoms with Crippen LogP contribution in [0.4, 0.5) is 5.69 Å². The molecule has 0 bridgehead atoms. The van der Waals surface area contributed by atoms with E-state index in [1.807, 2.05) is 0 Å². The number of anilines is 1. The Labute approximate surface area is 147 Å². The molecule has 0 unspecified atom stereocenters. The first kappa shape index (κ1) is 17.4. The van der Waals surface area contributed by atoms with Crippen LogP contribution in [-0.2, 0) is 10.0 Å². The van der Waals surface area contributed by atoms with Crippen molar-refractivity contribution in [2.24, 2.45) is 0 Å². The fourth-order valence-electron chi connectivity index (χ4n) is 1.83. The number of hydrogen-bond acceptors (Lipinski definition) is 3. The van der Waals surface area contributed by atoms with Gasteiger partial charge in [0.05, 0.1) is 32.2 Å². The highest BCUT2D eigenvalue weighted by atomic mass is 79.9. The van der Waals surface area contributed by atoms with Crippen LogP contribution in [0, 0.1) is 0 Å². The summed E-state index contributed by atoms with van der Waals surface area (Å²) in [5, 5.41) is 0.472. The summed E-state index contributed by atoms with van der Waals surface area (Å²) < 4.78 is 32.2. The number of sulfonamides is 1. The summed E-state index contributed by atoms with van der Waals surface area (Å²) in [6, 6.07) is 9.34. The van der Waals surface area contributed by atoms with Crippen molar-refractivity contribution in [3.63, 3.8) is 0 Å². The van der Waals surface area contributed by atoms with E-state index in [9.17, 15) is 8.42 Å². The van der Waals surface area contributed by atoms with Crippen molar-refractivity contribution in [1.29, 1.82) is 0 Å². The van der Waals surface area contributed by atoms with Crippen LogP contribution >= 0.6 is 39.1 Å². The van der Waals surface area contributed by atoms with Crippen molar-refractivity contribution < 1.29 is 13.2 Å². The third-order valence-electron chi connectivity index (χ3n) is 3.05. The fourth-order valence-corrected chi connectivity index (χ4v) is 4.23. The minimum Gasteiger partial charge on any atom is -0.496 e. The van der Waals surface area contributed by atoms with E-state index in [1.54, 1.807) is 24.3 Å². The second-order valence-electron chi connectivity index (χ2n) is 4.34. The van der Waals surface area contributed by atoms with E-state index in [1.165, 1.54) is 26.3 Å².